The molecule has 0 aliphatic carbocycles. The van der Waals surface area contributed by atoms with E-state index in [9.17, 15) is 18.0 Å². The molecule has 114 valence electrons. The van der Waals surface area contributed by atoms with Gasteiger partial charge in [0.2, 0.25) is 0 Å². The van der Waals surface area contributed by atoms with Gasteiger partial charge in [0.25, 0.3) is 5.91 Å². The highest BCUT2D eigenvalue weighted by Gasteiger charge is 2.32. The minimum absolute atomic E-state index is 0.297. The van der Waals surface area contributed by atoms with Crippen LogP contribution < -0.4 is 15.4 Å². The summed E-state index contributed by atoms with van der Waals surface area (Å²) in [5.41, 5.74) is 0.531. The van der Waals surface area contributed by atoms with E-state index in [0.717, 1.165) is 6.42 Å². The molecule has 2 N–H and O–H groups in total. The van der Waals surface area contributed by atoms with Gasteiger partial charge in [-0.2, -0.15) is 0 Å². The lowest BCUT2D eigenvalue weighted by Gasteiger charge is -2.11. The maximum atomic E-state index is 12.1. The van der Waals surface area contributed by atoms with Gasteiger partial charge in [-0.15, -0.1) is 13.2 Å². The van der Waals surface area contributed by atoms with Gasteiger partial charge in [0.15, 0.2) is 5.96 Å². The Morgan fingerprint density at radius 3 is 2.52 bits per heavy atom. The largest absolute Gasteiger partial charge is 0.573 e. The van der Waals surface area contributed by atoms with Gasteiger partial charge in [0, 0.05) is 6.54 Å². The van der Waals surface area contributed by atoms with Crippen molar-refractivity contribution < 1.29 is 22.7 Å². The number of rotatable bonds is 4. The van der Waals surface area contributed by atoms with E-state index in [1.165, 1.54) is 24.3 Å². The maximum Gasteiger partial charge on any atom is 0.573 e. The van der Waals surface area contributed by atoms with Gasteiger partial charge in [-0.1, -0.05) is 19.1 Å². The van der Waals surface area contributed by atoms with Crippen LogP contribution in [-0.4, -0.2) is 24.8 Å². The number of hydrogen-bond acceptors (Lipinski definition) is 3. The van der Waals surface area contributed by atoms with Gasteiger partial charge in [-0.05, 0) is 24.1 Å². The van der Waals surface area contributed by atoms with Crippen molar-refractivity contribution in [3.63, 3.8) is 0 Å². The molecule has 0 radical (unpaired) electrons. The van der Waals surface area contributed by atoms with Crippen molar-refractivity contribution in [2.24, 2.45) is 4.99 Å². The summed E-state index contributed by atoms with van der Waals surface area (Å²) in [7, 11) is 0. The van der Waals surface area contributed by atoms with Crippen molar-refractivity contribution in [3.05, 3.63) is 29.8 Å². The number of alkyl halides is 3. The Morgan fingerprint density at radius 2 is 1.95 bits per heavy atom. The average molecular weight is 301 g/mol. The fourth-order valence-electron chi connectivity index (χ4n) is 1.83. The Kier molecular flexibility index (Phi) is 4.35. The molecule has 0 aromatic heterocycles. The number of carbonyl (C=O) groups excluding carboxylic acids is 1. The zero-order valence-corrected chi connectivity index (χ0v) is 11.2. The Morgan fingerprint density at radius 1 is 1.29 bits per heavy atom. The van der Waals surface area contributed by atoms with Crippen LogP contribution in [0, 0.1) is 0 Å². The predicted octanol–water partition coefficient (Wildman–Crippen LogP) is 2.11. The predicted molar refractivity (Wildman–Crippen MR) is 69.7 cm³/mol. The fourth-order valence-corrected chi connectivity index (χ4v) is 1.83. The number of halogens is 3. The van der Waals surface area contributed by atoms with Crippen LogP contribution in [0.3, 0.4) is 0 Å². The van der Waals surface area contributed by atoms with E-state index >= 15 is 0 Å². The number of amides is 1. The smallest absolute Gasteiger partial charge is 0.406 e. The topological polar surface area (TPSA) is 62.7 Å². The molecule has 2 rings (SSSR count). The molecule has 0 bridgehead atoms. The molecular weight excluding hydrogens is 287 g/mol. The van der Waals surface area contributed by atoms with E-state index in [1.807, 2.05) is 6.92 Å². The molecule has 5 nitrogen and oxygen atoms in total. The quantitative estimate of drug-likeness (QED) is 0.895. The van der Waals surface area contributed by atoms with Gasteiger partial charge in [-0.25, -0.2) is 0 Å². The van der Waals surface area contributed by atoms with Crippen LogP contribution in [-0.2, 0) is 4.79 Å². The standard InChI is InChI=1S/C13H14F3N3O2/c1-2-7-17-12-18-10(11(20)19-12)8-3-5-9(6-4-8)21-13(14,15)16/h3-6,10H,2,7H2,1H3,(H2,17,18,19,20). The van der Waals surface area contributed by atoms with Crippen LogP contribution in [0.2, 0.25) is 0 Å². The van der Waals surface area contributed by atoms with Crippen molar-refractivity contribution in [3.8, 4) is 5.75 Å². The van der Waals surface area contributed by atoms with Crippen molar-refractivity contribution >= 4 is 11.9 Å². The molecule has 1 aliphatic heterocycles. The first-order chi connectivity index (χ1) is 9.89. The molecule has 0 saturated carbocycles. The van der Waals surface area contributed by atoms with E-state index in [2.05, 4.69) is 20.4 Å². The molecule has 1 atom stereocenters. The molecule has 1 unspecified atom stereocenters. The van der Waals surface area contributed by atoms with Gasteiger partial charge in [-0.3, -0.25) is 15.1 Å². The highest BCUT2D eigenvalue weighted by molar-refractivity contribution is 6.06. The summed E-state index contributed by atoms with van der Waals surface area (Å²) < 4.78 is 40.0. The van der Waals surface area contributed by atoms with Crippen LogP contribution in [0.5, 0.6) is 5.75 Å². The van der Waals surface area contributed by atoms with Crippen molar-refractivity contribution in [1.82, 2.24) is 10.6 Å². The molecule has 1 saturated heterocycles. The lowest BCUT2D eigenvalue weighted by Crippen LogP contribution is -2.25. The Labute approximate surface area is 119 Å². The van der Waals surface area contributed by atoms with Crippen molar-refractivity contribution in [2.45, 2.75) is 25.7 Å². The number of carbonyl (C=O) groups is 1. The Balaban J connectivity index is 2.07. The van der Waals surface area contributed by atoms with Gasteiger partial charge >= 0.3 is 6.36 Å². The number of ether oxygens (including phenoxy) is 1. The highest BCUT2D eigenvalue weighted by atomic mass is 19.4. The van der Waals surface area contributed by atoms with E-state index in [0.29, 0.717) is 18.1 Å². The van der Waals surface area contributed by atoms with E-state index in [-0.39, 0.29) is 11.7 Å². The number of nitrogens with one attached hydrogen (secondary N) is 2. The molecule has 8 heteroatoms. The lowest BCUT2D eigenvalue weighted by molar-refractivity contribution is -0.274. The number of nitrogens with zero attached hydrogens (tertiary/aromatic N) is 1. The third-order valence-electron chi connectivity index (χ3n) is 2.73. The van der Waals surface area contributed by atoms with Crippen LogP contribution in [0.4, 0.5) is 13.2 Å². The van der Waals surface area contributed by atoms with Crippen LogP contribution >= 0.6 is 0 Å². The molecule has 1 amide bonds. The average Bonchev–Trinajstić information content (AvgIpc) is 2.77. The van der Waals surface area contributed by atoms with Crippen molar-refractivity contribution in [1.29, 1.82) is 0 Å². The molecule has 1 fully saturated rings. The summed E-state index contributed by atoms with van der Waals surface area (Å²) >= 11 is 0. The second kappa shape index (κ2) is 6.02. The van der Waals surface area contributed by atoms with E-state index in [1.54, 1.807) is 0 Å². The van der Waals surface area contributed by atoms with Crippen LogP contribution in [0.25, 0.3) is 0 Å². The number of guanidine groups is 1. The third-order valence-corrected chi connectivity index (χ3v) is 2.73. The minimum Gasteiger partial charge on any atom is -0.406 e. The van der Waals surface area contributed by atoms with Crippen molar-refractivity contribution in [2.75, 3.05) is 6.54 Å². The molecule has 1 aliphatic rings. The normalized spacial score (nSPS) is 20.3. The highest BCUT2D eigenvalue weighted by Crippen LogP contribution is 2.25. The summed E-state index contributed by atoms with van der Waals surface area (Å²) in [6, 6.07) is 4.47. The molecule has 1 heterocycles. The zero-order chi connectivity index (χ0) is 15.5. The molecule has 0 spiro atoms. The summed E-state index contributed by atoms with van der Waals surface area (Å²) in [6.07, 6.45) is -3.89. The second-order valence-corrected chi connectivity index (χ2v) is 4.41. The van der Waals surface area contributed by atoms with E-state index in [4.69, 9.17) is 0 Å². The SMILES string of the molecule is CCCN=C1NC(=O)C(c2ccc(OC(F)(F)F)cc2)N1. The van der Waals surface area contributed by atoms with Gasteiger partial charge < -0.3 is 10.1 Å². The first kappa shape index (κ1) is 15.1. The Hall–Kier alpha value is -2.25. The number of hydrogen-bond donors (Lipinski definition) is 2. The summed E-state index contributed by atoms with van der Waals surface area (Å²) in [6.45, 7) is 2.53. The summed E-state index contributed by atoms with van der Waals surface area (Å²) in [4.78, 5) is 15.9. The number of aliphatic imine (C=N–C) groups is 1. The zero-order valence-electron chi connectivity index (χ0n) is 11.2. The van der Waals surface area contributed by atoms with Crippen LogP contribution in [0.15, 0.2) is 29.3 Å². The molecule has 1 aromatic carbocycles. The third kappa shape index (κ3) is 4.11. The summed E-state index contributed by atoms with van der Waals surface area (Å²) in [5.74, 6) is -0.249. The molecular formula is C13H14F3N3O2. The molecule has 21 heavy (non-hydrogen) atoms. The fraction of sp³-hybridized carbons (Fsp3) is 0.385. The first-order valence-electron chi connectivity index (χ1n) is 6.36. The van der Waals surface area contributed by atoms with Gasteiger partial charge in [0.1, 0.15) is 11.8 Å². The first-order valence-corrected chi connectivity index (χ1v) is 6.36. The molecule has 1 aromatic rings. The monoisotopic (exact) mass is 301 g/mol. The lowest BCUT2D eigenvalue weighted by atomic mass is 10.1. The van der Waals surface area contributed by atoms with E-state index < -0.39 is 12.4 Å². The minimum atomic E-state index is -4.73. The van der Waals surface area contributed by atoms with Gasteiger partial charge in [0.05, 0.1) is 0 Å². The maximum absolute atomic E-state index is 12.1. The second-order valence-electron chi connectivity index (χ2n) is 4.41. The van der Waals surface area contributed by atoms with Crippen LogP contribution in [0.1, 0.15) is 24.9 Å². The number of benzene rings is 1. The summed E-state index contributed by atoms with van der Waals surface area (Å²) in [5, 5.41) is 5.46. The Bertz CT molecular complexity index is 541.